The molecule has 2 atom stereocenters. The third kappa shape index (κ3) is 8.29. The highest BCUT2D eigenvalue weighted by Crippen LogP contribution is 2.37. The maximum atomic E-state index is 13.5. The van der Waals surface area contributed by atoms with Gasteiger partial charge in [0.15, 0.2) is 0 Å². The fourth-order valence-electron chi connectivity index (χ4n) is 3.19. The summed E-state index contributed by atoms with van der Waals surface area (Å²) >= 11 is 0. The molecule has 0 saturated carbocycles. The molecule has 1 aromatic rings. The summed E-state index contributed by atoms with van der Waals surface area (Å²) in [6.45, 7) is 5.58. The van der Waals surface area contributed by atoms with E-state index < -0.39 is 36.0 Å². The van der Waals surface area contributed by atoms with Gasteiger partial charge in [0.05, 0.1) is 45.6 Å². The van der Waals surface area contributed by atoms with Gasteiger partial charge in [0.25, 0.3) is 0 Å². The Hall–Kier alpha value is -2.71. The molecule has 0 heterocycles. The van der Waals surface area contributed by atoms with E-state index in [1.807, 2.05) is 0 Å². The molecule has 0 N–H and O–H groups in total. The molecule has 0 aromatic heterocycles. The zero-order chi connectivity index (χ0) is 25.2. The number of terminal acetylenes is 1. The summed E-state index contributed by atoms with van der Waals surface area (Å²) in [5.41, 5.74) is 9.26. The lowest BCUT2D eigenvalue weighted by Crippen LogP contribution is -2.44. The highest BCUT2D eigenvalue weighted by Gasteiger charge is 2.40. The molecular weight excluding hydrogens is 464 g/mol. The van der Waals surface area contributed by atoms with E-state index in [2.05, 4.69) is 35.6 Å². The summed E-state index contributed by atoms with van der Waals surface area (Å²) in [6, 6.07) is 4.19. The van der Waals surface area contributed by atoms with Crippen molar-refractivity contribution in [3.8, 4) is 23.8 Å². The van der Waals surface area contributed by atoms with Crippen LogP contribution in [0.25, 0.3) is 10.4 Å². The zero-order valence-corrected chi connectivity index (χ0v) is 21.8. The Balaban J connectivity index is 3.81. The smallest absolute Gasteiger partial charge is 0.310 e. The molecule has 12 heteroatoms. The van der Waals surface area contributed by atoms with Crippen molar-refractivity contribution in [1.82, 2.24) is 4.31 Å². The Labute approximate surface area is 196 Å². The molecule has 1 rings (SSSR count). The minimum absolute atomic E-state index is 0.128. The van der Waals surface area contributed by atoms with E-state index in [9.17, 15) is 13.2 Å². The first-order valence-electron chi connectivity index (χ1n) is 10.2. The number of hydrogen-bond acceptors (Lipinski definition) is 7. The van der Waals surface area contributed by atoms with Gasteiger partial charge in [-0.15, -0.1) is 6.42 Å². The van der Waals surface area contributed by atoms with E-state index in [0.717, 1.165) is 4.31 Å². The SMILES string of the molecule is C#CCN([C@@H](c1cc(OC)cc(OC)c1)[C@@H](CN=[N+]=[N-])C(=O)OC)S(=O)(=O)CC[Si](C)(C)C. The Kier molecular flexibility index (Phi) is 10.7. The number of ether oxygens (including phenoxy) is 3. The molecule has 182 valence electrons. The van der Waals surface area contributed by atoms with Gasteiger partial charge in [-0.2, -0.15) is 4.31 Å². The molecule has 0 bridgehead atoms. The molecule has 0 amide bonds. The van der Waals surface area contributed by atoms with Crippen molar-refractivity contribution >= 4 is 24.1 Å². The Morgan fingerprint density at radius 3 is 2.21 bits per heavy atom. The highest BCUT2D eigenvalue weighted by atomic mass is 32.2. The second kappa shape index (κ2) is 12.5. The van der Waals surface area contributed by atoms with Gasteiger partial charge in [-0.3, -0.25) is 4.79 Å². The van der Waals surface area contributed by atoms with Crippen LogP contribution in [0.1, 0.15) is 11.6 Å². The minimum Gasteiger partial charge on any atom is -0.497 e. The molecule has 0 aliphatic carbocycles. The number of carbonyl (C=O) groups excluding carboxylic acids is 1. The first-order chi connectivity index (χ1) is 15.4. The lowest BCUT2D eigenvalue weighted by atomic mass is 9.92. The van der Waals surface area contributed by atoms with Crippen LogP contribution in [-0.2, 0) is 19.6 Å². The molecule has 33 heavy (non-hydrogen) atoms. The second-order valence-corrected chi connectivity index (χ2v) is 16.2. The summed E-state index contributed by atoms with van der Waals surface area (Å²) in [6.07, 6.45) is 5.55. The molecule has 10 nitrogen and oxygen atoms in total. The van der Waals surface area contributed by atoms with Gasteiger partial charge >= 0.3 is 5.97 Å². The predicted octanol–water partition coefficient (Wildman–Crippen LogP) is 3.45. The van der Waals surface area contributed by atoms with Gasteiger partial charge in [0.2, 0.25) is 10.0 Å². The fourth-order valence-corrected chi connectivity index (χ4v) is 7.79. The number of rotatable bonds is 13. The van der Waals surface area contributed by atoms with Gasteiger partial charge in [-0.05, 0) is 29.3 Å². The summed E-state index contributed by atoms with van der Waals surface area (Å²) < 4.78 is 43.7. The Bertz CT molecular complexity index is 990. The van der Waals surface area contributed by atoms with Crippen molar-refractivity contribution in [2.75, 3.05) is 40.2 Å². The van der Waals surface area contributed by atoms with Crippen molar-refractivity contribution in [2.45, 2.75) is 31.7 Å². The van der Waals surface area contributed by atoms with Gasteiger partial charge in [0, 0.05) is 25.6 Å². The lowest BCUT2D eigenvalue weighted by Gasteiger charge is -2.34. The summed E-state index contributed by atoms with van der Waals surface area (Å²) in [5.74, 6) is 1.15. The molecule has 0 aliphatic heterocycles. The number of azide groups is 1. The topological polar surface area (TPSA) is 131 Å². The van der Waals surface area contributed by atoms with E-state index in [1.165, 1.54) is 21.3 Å². The summed E-state index contributed by atoms with van der Waals surface area (Å²) in [4.78, 5) is 15.5. The normalized spacial score (nSPS) is 13.4. The molecule has 0 aliphatic rings. The molecule has 0 saturated heterocycles. The monoisotopic (exact) mass is 496 g/mol. The van der Waals surface area contributed by atoms with E-state index in [0.29, 0.717) is 23.1 Å². The van der Waals surface area contributed by atoms with Crippen LogP contribution >= 0.6 is 0 Å². The van der Waals surface area contributed by atoms with Crippen LogP contribution in [0.3, 0.4) is 0 Å². The molecular formula is C21H32N4O6SSi. The second-order valence-electron chi connectivity index (χ2n) is 8.51. The quantitative estimate of drug-likeness (QED) is 0.103. The van der Waals surface area contributed by atoms with E-state index in [-0.39, 0.29) is 18.8 Å². The number of hydrogen-bond donors (Lipinski definition) is 0. The van der Waals surface area contributed by atoms with Gasteiger partial charge < -0.3 is 14.2 Å². The van der Waals surface area contributed by atoms with Gasteiger partial charge in [-0.25, -0.2) is 8.42 Å². The minimum atomic E-state index is -3.91. The molecule has 0 fully saturated rings. The number of nitrogens with zero attached hydrogens (tertiary/aromatic N) is 4. The van der Waals surface area contributed by atoms with Crippen LogP contribution in [0.5, 0.6) is 11.5 Å². The van der Waals surface area contributed by atoms with Crippen molar-refractivity contribution in [3.05, 3.63) is 34.2 Å². The van der Waals surface area contributed by atoms with Gasteiger partial charge in [-0.1, -0.05) is 30.7 Å². The number of carbonyl (C=O) groups is 1. The largest absolute Gasteiger partial charge is 0.497 e. The molecule has 0 radical (unpaired) electrons. The van der Waals surface area contributed by atoms with Crippen molar-refractivity contribution in [3.63, 3.8) is 0 Å². The Morgan fingerprint density at radius 1 is 1.21 bits per heavy atom. The van der Waals surface area contributed by atoms with E-state index >= 15 is 0 Å². The van der Waals surface area contributed by atoms with Crippen LogP contribution < -0.4 is 9.47 Å². The average Bonchev–Trinajstić information content (AvgIpc) is 2.78. The summed E-state index contributed by atoms with van der Waals surface area (Å²) in [7, 11) is -1.54. The number of sulfonamides is 1. The number of methoxy groups -OCH3 is 3. The maximum Gasteiger partial charge on any atom is 0.310 e. The Morgan fingerprint density at radius 2 is 1.79 bits per heavy atom. The first kappa shape index (κ1) is 28.3. The van der Waals surface area contributed by atoms with E-state index in [4.69, 9.17) is 26.2 Å². The number of benzene rings is 1. The van der Waals surface area contributed by atoms with Crippen molar-refractivity contribution in [2.24, 2.45) is 11.0 Å². The molecule has 0 unspecified atom stereocenters. The third-order valence-electron chi connectivity index (χ3n) is 4.97. The first-order valence-corrected chi connectivity index (χ1v) is 15.5. The standard InChI is InChI=1S/C21H32N4O6SSi/c1-8-9-25(32(27,28)10-11-33(5,6)7)20(19(15-23-24-22)21(26)31-4)16-12-17(29-2)14-18(13-16)30-3/h1,12-14,19-20H,9-11,15H2,2-7H3/t19-,20+/m1/s1. The zero-order valence-electron chi connectivity index (χ0n) is 19.9. The van der Waals surface area contributed by atoms with Crippen LogP contribution in [0.4, 0.5) is 0 Å². The van der Waals surface area contributed by atoms with Crippen molar-refractivity contribution < 1.29 is 27.4 Å². The van der Waals surface area contributed by atoms with Crippen molar-refractivity contribution in [1.29, 1.82) is 0 Å². The fraction of sp³-hybridized carbons (Fsp3) is 0.571. The van der Waals surface area contributed by atoms with Crippen LogP contribution in [0, 0.1) is 18.3 Å². The third-order valence-corrected chi connectivity index (χ3v) is 8.87. The predicted molar refractivity (Wildman–Crippen MR) is 129 cm³/mol. The van der Waals surface area contributed by atoms with Crippen LogP contribution in [0.15, 0.2) is 23.3 Å². The van der Waals surface area contributed by atoms with Crippen LogP contribution in [-0.4, -0.2) is 66.9 Å². The highest BCUT2D eigenvalue weighted by molar-refractivity contribution is 7.89. The average molecular weight is 497 g/mol. The molecule has 0 spiro atoms. The molecule has 1 aromatic carbocycles. The van der Waals surface area contributed by atoms with Gasteiger partial charge in [0.1, 0.15) is 11.5 Å². The number of esters is 1. The van der Waals surface area contributed by atoms with Crippen LogP contribution in [0.2, 0.25) is 25.7 Å². The van der Waals surface area contributed by atoms with E-state index in [1.54, 1.807) is 18.2 Å². The maximum absolute atomic E-state index is 13.5. The summed E-state index contributed by atoms with van der Waals surface area (Å²) in [5, 5.41) is 3.53. The lowest BCUT2D eigenvalue weighted by molar-refractivity contribution is -0.147.